The third-order valence-corrected chi connectivity index (χ3v) is 8.04. The average Bonchev–Trinajstić information content (AvgIpc) is 2.75. The molecule has 0 radical (unpaired) electrons. The van der Waals surface area contributed by atoms with E-state index in [9.17, 15) is 20.4 Å². The van der Waals surface area contributed by atoms with Crippen LogP contribution in [0.15, 0.2) is 0 Å². The van der Waals surface area contributed by atoms with Crippen LogP contribution in [0.4, 0.5) is 0 Å². The summed E-state index contributed by atoms with van der Waals surface area (Å²) in [6.07, 6.45) is 8.74. The van der Waals surface area contributed by atoms with Gasteiger partial charge in [-0.2, -0.15) is 0 Å². The summed E-state index contributed by atoms with van der Waals surface area (Å²) in [5, 5.41) is 40.0. The number of Topliss-reactive ketones (excluding diaryl/α,β-unsaturated/α-hetero) is 1. The Balaban J connectivity index is 1.37. The van der Waals surface area contributed by atoms with Gasteiger partial charge in [0.2, 0.25) is 0 Å². The highest BCUT2D eigenvalue weighted by Crippen LogP contribution is 2.31. The molecular formula is C22H42N3O6+. The molecule has 0 aromatic rings. The molecule has 0 bridgehead atoms. The fraction of sp³-hybridized carbons (Fsp3) is 0.955. The zero-order valence-electron chi connectivity index (χ0n) is 18.9. The quantitative estimate of drug-likeness (QED) is 0.288. The normalized spacial score (nSPS) is 39.1. The number of hydroxylamine groups is 4. The lowest BCUT2D eigenvalue weighted by atomic mass is 9.78. The van der Waals surface area contributed by atoms with E-state index in [4.69, 9.17) is 9.94 Å². The molecule has 1 heterocycles. The van der Waals surface area contributed by atoms with Crippen LogP contribution in [0.3, 0.4) is 0 Å². The number of nitrogens with one attached hydrogen (secondary N) is 3. The molecule has 0 amide bonds. The summed E-state index contributed by atoms with van der Waals surface area (Å²) in [5.74, 6) is 1.44. The largest absolute Gasteiger partial charge is 0.600 e. The summed E-state index contributed by atoms with van der Waals surface area (Å²) in [4.78, 5) is 14.2. The van der Waals surface area contributed by atoms with Crippen LogP contribution in [0.25, 0.3) is 0 Å². The van der Waals surface area contributed by atoms with Crippen LogP contribution in [0.1, 0.15) is 71.1 Å². The summed E-state index contributed by atoms with van der Waals surface area (Å²) in [5.41, 5.74) is 0. The Labute approximate surface area is 185 Å². The zero-order valence-corrected chi connectivity index (χ0v) is 18.9. The molecule has 5 unspecified atom stereocenters. The first kappa shape index (κ1) is 25.0. The van der Waals surface area contributed by atoms with Crippen molar-refractivity contribution in [1.29, 1.82) is 0 Å². The standard InChI is InChI=1S/C22H41N3O6/c1-2-31-22-8-5-18(14-20(22)25(29)30)21(26)15-23-11-9-17(10-12-23)13-16-3-6-19(7-4-16)24(27)28/h16-20,22,24-25,27,29H,2-15H2,1H3/p+1. The topological polar surface area (TPSA) is 126 Å². The average molecular weight is 445 g/mol. The van der Waals surface area contributed by atoms with E-state index in [1.165, 1.54) is 11.3 Å². The molecule has 180 valence electrons. The molecule has 2 saturated carbocycles. The molecule has 2 aliphatic carbocycles. The monoisotopic (exact) mass is 444 g/mol. The Kier molecular flexibility index (Phi) is 9.66. The van der Waals surface area contributed by atoms with E-state index in [2.05, 4.69) is 0 Å². The number of rotatable bonds is 9. The summed E-state index contributed by atoms with van der Waals surface area (Å²) in [6, 6.07) is -0.711. The van der Waals surface area contributed by atoms with Gasteiger partial charge in [-0.3, -0.25) is 4.79 Å². The van der Waals surface area contributed by atoms with Gasteiger partial charge in [0.15, 0.2) is 5.78 Å². The summed E-state index contributed by atoms with van der Waals surface area (Å²) < 4.78 is 5.60. The summed E-state index contributed by atoms with van der Waals surface area (Å²) in [7, 11) is 0. The molecule has 0 aromatic carbocycles. The molecule has 3 rings (SSSR count). The van der Waals surface area contributed by atoms with Crippen LogP contribution in [0, 0.1) is 28.2 Å². The van der Waals surface area contributed by atoms with Crippen molar-refractivity contribution in [3.63, 3.8) is 0 Å². The number of carbonyl (C=O) groups excluding carboxylic acids is 1. The van der Waals surface area contributed by atoms with E-state index < -0.39 is 16.5 Å². The van der Waals surface area contributed by atoms with Gasteiger partial charge < -0.3 is 20.1 Å². The minimum Gasteiger partial charge on any atom is -0.600 e. The van der Waals surface area contributed by atoms with Crippen LogP contribution in [-0.4, -0.2) is 60.6 Å². The maximum absolute atomic E-state index is 12.9. The molecule has 31 heavy (non-hydrogen) atoms. The van der Waals surface area contributed by atoms with Crippen LogP contribution in [0.5, 0.6) is 0 Å². The molecule has 9 nitrogen and oxygen atoms in total. The van der Waals surface area contributed by atoms with Crippen molar-refractivity contribution in [1.82, 2.24) is 0 Å². The minimum absolute atomic E-state index is 0.141. The van der Waals surface area contributed by atoms with Gasteiger partial charge in [0.25, 0.3) is 0 Å². The lowest BCUT2D eigenvalue weighted by molar-refractivity contribution is -1.07. The first-order valence-electron chi connectivity index (χ1n) is 12.3. The third-order valence-electron chi connectivity index (χ3n) is 8.04. The second-order valence-electron chi connectivity index (χ2n) is 10.1. The number of ether oxygens (including phenoxy) is 1. The van der Waals surface area contributed by atoms with Gasteiger partial charge in [-0.05, 0) is 63.7 Å². The minimum atomic E-state index is -0.846. The van der Waals surface area contributed by atoms with Gasteiger partial charge >= 0.3 is 0 Å². The number of ketones is 1. The Morgan fingerprint density at radius 3 is 2.19 bits per heavy atom. The van der Waals surface area contributed by atoms with Crippen molar-refractivity contribution in [3.05, 3.63) is 10.4 Å². The second kappa shape index (κ2) is 12.0. The Morgan fingerprint density at radius 1 is 0.968 bits per heavy atom. The van der Waals surface area contributed by atoms with Gasteiger partial charge in [-0.1, -0.05) is 0 Å². The molecule has 1 saturated heterocycles. The third kappa shape index (κ3) is 7.17. The maximum Gasteiger partial charge on any atom is 0.190 e. The van der Waals surface area contributed by atoms with E-state index in [1.54, 1.807) is 0 Å². The van der Waals surface area contributed by atoms with Gasteiger partial charge in [-0.15, -0.1) is 0 Å². The van der Waals surface area contributed by atoms with Crippen molar-refractivity contribution < 1.29 is 35.3 Å². The molecule has 3 fully saturated rings. The highest BCUT2D eigenvalue weighted by molar-refractivity contribution is 5.82. The van der Waals surface area contributed by atoms with Crippen molar-refractivity contribution >= 4 is 5.78 Å². The van der Waals surface area contributed by atoms with Gasteiger partial charge in [0.1, 0.15) is 24.7 Å². The molecule has 3 aliphatic rings. The Bertz CT molecular complexity index is 547. The number of piperidine rings is 1. The Hall–Kier alpha value is -0.650. The fourth-order valence-electron chi connectivity index (χ4n) is 6.11. The number of hydrogen-bond donors (Lipinski definition) is 5. The van der Waals surface area contributed by atoms with E-state index in [0.717, 1.165) is 58.0 Å². The van der Waals surface area contributed by atoms with Gasteiger partial charge in [0.05, 0.1) is 13.1 Å². The van der Waals surface area contributed by atoms with E-state index in [1.807, 2.05) is 6.92 Å². The first-order chi connectivity index (χ1) is 14.9. The van der Waals surface area contributed by atoms with E-state index in [0.29, 0.717) is 37.8 Å². The molecule has 5 N–H and O–H groups in total. The second-order valence-corrected chi connectivity index (χ2v) is 10.1. The number of carbonyl (C=O) groups is 1. The van der Waals surface area contributed by atoms with E-state index >= 15 is 0 Å². The van der Waals surface area contributed by atoms with Gasteiger partial charge in [-0.25, -0.2) is 20.9 Å². The smallest absolute Gasteiger partial charge is 0.190 e. The molecular weight excluding hydrogens is 402 g/mol. The zero-order chi connectivity index (χ0) is 22.4. The predicted octanol–water partition coefficient (Wildman–Crippen LogP) is -1.08. The highest BCUT2D eigenvalue weighted by Gasteiger charge is 2.39. The van der Waals surface area contributed by atoms with Crippen LogP contribution in [-0.2, 0) is 9.53 Å². The predicted molar refractivity (Wildman–Crippen MR) is 112 cm³/mol. The van der Waals surface area contributed by atoms with Crippen molar-refractivity contribution in [3.8, 4) is 0 Å². The lowest BCUT2D eigenvalue weighted by Gasteiger charge is -2.38. The molecule has 0 aromatic heterocycles. The molecule has 5 atom stereocenters. The van der Waals surface area contributed by atoms with E-state index in [-0.39, 0.29) is 23.8 Å². The molecule has 1 aliphatic heterocycles. The van der Waals surface area contributed by atoms with Crippen molar-refractivity contribution in [2.24, 2.45) is 17.8 Å². The van der Waals surface area contributed by atoms with Gasteiger partial charge in [0, 0.05) is 31.8 Å². The van der Waals surface area contributed by atoms with Crippen molar-refractivity contribution in [2.75, 3.05) is 26.2 Å². The molecule has 0 spiro atoms. The maximum atomic E-state index is 12.9. The number of quaternary nitrogens is 3. The summed E-state index contributed by atoms with van der Waals surface area (Å²) in [6.45, 7) is 4.93. The van der Waals surface area contributed by atoms with Crippen molar-refractivity contribution in [2.45, 2.75) is 89.3 Å². The first-order valence-corrected chi connectivity index (χ1v) is 12.3. The van der Waals surface area contributed by atoms with Crippen LogP contribution >= 0.6 is 0 Å². The molecule has 9 heteroatoms. The SMILES string of the molecule is CCOC1CCC(C(=O)C[NH+]2CCC(CC3CCC([NH+]([O-])O)CC3)CC2)CC1[NH+]([O-])O. The number of hydrogen-bond acceptors (Lipinski definition) is 6. The number of likely N-dealkylation sites (tertiary alicyclic amines) is 1. The fourth-order valence-corrected chi connectivity index (χ4v) is 6.11. The van der Waals surface area contributed by atoms with Crippen LogP contribution in [0.2, 0.25) is 0 Å². The van der Waals surface area contributed by atoms with Crippen LogP contribution < -0.4 is 15.4 Å². The Morgan fingerprint density at radius 2 is 1.61 bits per heavy atom. The summed E-state index contributed by atoms with van der Waals surface area (Å²) >= 11 is 0. The lowest BCUT2D eigenvalue weighted by Crippen LogP contribution is -3.14. The highest BCUT2D eigenvalue weighted by atomic mass is 16.8.